The van der Waals surface area contributed by atoms with Crippen molar-refractivity contribution in [2.75, 3.05) is 25.3 Å². The highest BCUT2D eigenvalue weighted by atomic mass is 35.5. The van der Waals surface area contributed by atoms with Gasteiger partial charge in [-0.15, -0.1) is 0 Å². The minimum atomic E-state index is 0.614. The lowest BCUT2D eigenvalue weighted by atomic mass is 10.2. The predicted molar refractivity (Wildman–Crippen MR) is 78.7 cm³/mol. The number of halogens is 1. The molecule has 0 aromatic heterocycles. The molecule has 0 fully saturated rings. The fourth-order valence-electron chi connectivity index (χ4n) is 1.69. The van der Waals surface area contributed by atoms with Crippen LogP contribution in [-0.2, 0) is 0 Å². The van der Waals surface area contributed by atoms with Gasteiger partial charge in [-0.1, -0.05) is 11.6 Å². The van der Waals surface area contributed by atoms with Crippen molar-refractivity contribution in [2.24, 2.45) is 0 Å². The monoisotopic (exact) mass is 278 g/mol. The molecule has 0 unspecified atom stereocenters. The number of rotatable bonds is 4. The van der Waals surface area contributed by atoms with Gasteiger partial charge in [-0.25, -0.2) is 0 Å². The van der Waals surface area contributed by atoms with E-state index >= 15 is 0 Å². The summed E-state index contributed by atoms with van der Waals surface area (Å²) in [6.45, 7) is 0. The maximum atomic E-state index is 5.99. The molecular formula is C14H15ClN2O2. The fraction of sp³-hybridized carbons (Fsp3) is 0.143. The second-order valence-corrected chi connectivity index (χ2v) is 4.36. The molecule has 0 saturated heterocycles. The Morgan fingerprint density at radius 1 is 1.00 bits per heavy atom. The van der Waals surface area contributed by atoms with Crippen LogP contribution in [0.2, 0.25) is 5.02 Å². The Morgan fingerprint density at radius 2 is 1.79 bits per heavy atom. The van der Waals surface area contributed by atoms with Crippen LogP contribution < -0.4 is 20.5 Å². The lowest BCUT2D eigenvalue weighted by Gasteiger charge is -2.14. The molecule has 0 radical (unpaired) electrons. The summed E-state index contributed by atoms with van der Waals surface area (Å²) in [5.41, 5.74) is 8.02. The summed E-state index contributed by atoms with van der Waals surface area (Å²) >= 11 is 5.99. The van der Waals surface area contributed by atoms with Gasteiger partial charge in [0, 0.05) is 11.1 Å². The summed E-state index contributed by atoms with van der Waals surface area (Å²) in [5, 5.41) is 3.81. The van der Waals surface area contributed by atoms with Gasteiger partial charge >= 0.3 is 0 Å². The van der Waals surface area contributed by atoms with Gasteiger partial charge in [0.1, 0.15) is 11.5 Å². The van der Waals surface area contributed by atoms with E-state index in [1.54, 1.807) is 44.6 Å². The van der Waals surface area contributed by atoms with Crippen molar-refractivity contribution in [3.8, 4) is 11.5 Å². The van der Waals surface area contributed by atoms with Crippen LogP contribution in [-0.4, -0.2) is 14.2 Å². The minimum Gasteiger partial charge on any atom is -0.497 e. The molecule has 0 spiro atoms. The average Bonchev–Trinajstić information content (AvgIpc) is 2.41. The van der Waals surface area contributed by atoms with Gasteiger partial charge in [-0.3, -0.25) is 0 Å². The van der Waals surface area contributed by atoms with Crippen molar-refractivity contribution in [3.63, 3.8) is 0 Å². The number of nitrogens with two attached hydrogens (primary N) is 1. The van der Waals surface area contributed by atoms with Gasteiger partial charge in [-0.2, -0.15) is 0 Å². The van der Waals surface area contributed by atoms with Crippen molar-refractivity contribution in [2.45, 2.75) is 0 Å². The van der Waals surface area contributed by atoms with Crippen molar-refractivity contribution in [3.05, 3.63) is 41.4 Å². The van der Waals surface area contributed by atoms with Crippen molar-refractivity contribution >= 4 is 28.7 Å². The molecule has 0 heterocycles. The summed E-state index contributed by atoms with van der Waals surface area (Å²) in [7, 11) is 3.21. The molecule has 2 rings (SSSR count). The van der Waals surface area contributed by atoms with E-state index in [1.165, 1.54) is 0 Å². The molecule has 0 saturated carbocycles. The first-order valence-electron chi connectivity index (χ1n) is 5.68. The van der Waals surface area contributed by atoms with Crippen LogP contribution in [0.25, 0.3) is 0 Å². The zero-order valence-electron chi connectivity index (χ0n) is 10.7. The third-order valence-corrected chi connectivity index (χ3v) is 2.93. The fourth-order valence-corrected chi connectivity index (χ4v) is 1.87. The lowest BCUT2D eigenvalue weighted by molar-refractivity contribution is 0.414. The SMILES string of the molecule is COc1ccc(N)c(Nc2cc(Cl)ccc2OC)c1. The second-order valence-electron chi connectivity index (χ2n) is 3.92. The van der Waals surface area contributed by atoms with Crippen LogP contribution in [0, 0.1) is 0 Å². The Morgan fingerprint density at radius 3 is 2.47 bits per heavy atom. The standard InChI is InChI=1S/C14H15ClN2O2/c1-18-10-4-5-11(16)12(8-10)17-13-7-9(15)3-6-14(13)19-2/h3-8,17H,16H2,1-2H3. The molecule has 19 heavy (non-hydrogen) atoms. The van der Waals surface area contributed by atoms with Crippen LogP contribution in [0.15, 0.2) is 36.4 Å². The van der Waals surface area contributed by atoms with Gasteiger partial charge in [0.15, 0.2) is 0 Å². The molecule has 0 aliphatic carbocycles. The number of ether oxygens (including phenoxy) is 2. The summed E-state index contributed by atoms with van der Waals surface area (Å²) in [6.07, 6.45) is 0. The van der Waals surface area contributed by atoms with Crippen LogP contribution in [0.4, 0.5) is 17.1 Å². The number of hydrogen-bond acceptors (Lipinski definition) is 4. The molecule has 0 atom stereocenters. The number of benzene rings is 2. The van der Waals surface area contributed by atoms with E-state index in [4.69, 9.17) is 26.8 Å². The normalized spacial score (nSPS) is 10.1. The Hall–Kier alpha value is -2.07. The molecule has 2 aromatic carbocycles. The zero-order valence-corrected chi connectivity index (χ0v) is 11.5. The van der Waals surface area contributed by atoms with E-state index in [1.807, 2.05) is 6.07 Å². The molecule has 0 amide bonds. The number of nitrogens with one attached hydrogen (secondary N) is 1. The predicted octanol–water partition coefficient (Wildman–Crippen LogP) is 3.68. The van der Waals surface area contributed by atoms with E-state index in [9.17, 15) is 0 Å². The van der Waals surface area contributed by atoms with E-state index in [0.29, 0.717) is 16.5 Å². The number of hydrogen-bond donors (Lipinski definition) is 2. The molecule has 4 nitrogen and oxygen atoms in total. The summed E-state index contributed by atoms with van der Waals surface area (Å²) < 4.78 is 10.5. The van der Waals surface area contributed by atoms with Crippen LogP contribution >= 0.6 is 11.6 Å². The molecule has 0 bridgehead atoms. The molecule has 3 N–H and O–H groups in total. The topological polar surface area (TPSA) is 56.5 Å². The maximum absolute atomic E-state index is 5.99. The summed E-state index contributed by atoms with van der Waals surface area (Å²) in [5.74, 6) is 1.41. The minimum absolute atomic E-state index is 0.614. The highest BCUT2D eigenvalue weighted by Crippen LogP contribution is 2.33. The van der Waals surface area contributed by atoms with Crippen molar-refractivity contribution in [1.82, 2.24) is 0 Å². The number of nitrogen functional groups attached to an aromatic ring is 1. The first kappa shape index (κ1) is 13.4. The lowest BCUT2D eigenvalue weighted by Crippen LogP contribution is -1.99. The van der Waals surface area contributed by atoms with Crippen LogP contribution in [0.5, 0.6) is 11.5 Å². The van der Waals surface area contributed by atoms with Crippen LogP contribution in [0.1, 0.15) is 0 Å². The highest BCUT2D eigenvalue weighted by Gasteiger charge is 2.07. The molecular weight excluding hydrogens is 264 g/mol. The number of methoxy groups -OCH3 is 2. The molecule has 0 aliphatic heterocycles. The van der Waals surface area contributed by atoms with Gasteiger partial charge < -0.3 is 20.5 Å². The Balaban J connectivity index is 2.37. The Labute approximate surface area is 117 Å². The van der Waals surface area contributed by atoms with Gasteiger partial charge in [0.05, 0.1) is 31.3 Å². The Bertz CT molecular complexity index is 588. The maximum Gasteiger partial charge on any atom is 0.142 e. The first-order chi connectivity index (χ1) is 9.13. The van der Waals surface area contributed by atoms with Gasteiger partial charge in [0.25, 0.3) is 0 Å². The Kier molecular flexibility index (Phi) is 4.02. The zero-order chi connectivity index (χ0) is 13.8. The van der Waals surface area contributed by atoms with E-state index in [0.717, 1.165) is 17.1 Å². The van der Waals surface area contributed by atoms with Crippen molar-refractivity contribution < 1.29 is 9.47 Å². The van der Waals surface area contributed by atoms with Crippen LogP contribution in [0.3, 0.4) is 0 Å². The van der Waals surface area contributed by atoms with E-state index in [2.05, 4.69) is 5.32 Å². The summed E-state index contributed by atoms with van der Waals surface area (Å²) in [4.78, 5) is 0. The third kappa shape index (κ3) is 3.03. The van der Waals surface area contributed by atoms with Crippen molar-refractivity contribution in [1.29, 1.82) is 0 Å². The first-order valence-corrected chi connectivity index (χ1v) is 6.06. The quantitative estimate of drug-likeness (QED) is 0.838. The molecule has 2 aromatic rings. The molecule has 0 aliphatic rings. The smallest absolute Gasteiger partial charge is 0.142 e. The summed E-state index contributed by atoms with van der Waals surface area (Å²) in [6, 6.07) is 10.7. The average molecular weight is 279 g/mol. The van der Waals surface area contributed by atoms with Gasteiger partial charge in [0.2, 0.25) is 0 Å². The number of anilines is 3. The second kappa shape index (κ2) is 5.71. The highest BCUT2D eigenvalue weighted by molar-refractivity contribution is 6.31. The van der Waals surface area contributed by atoms with Gasteiger partial charge in [-0.05, 0) is 30.3 Å². The molecule has 100 valence electrons. The largest absolute Gasteiger partial charge is 0.497 e. The van der Waals surface area contributed by atoms with E-state index in [-0.39, 0.29) is 0 Å². The molecule has 5 heteroatoms. The van der Waals surface area contributed by atoms with E-state index < -0.39 is 0 Å². The third-order valence-electron chi connectivity index (χ3n) is 2.69.